The SMILES string of the molecule is O=CC1(NCCc2ccccc2)NCCO1. The van der Waals surface area contributed by atoms with Gasteiger partial charge >= 0.3 is 0 Å². The maximum Gasteiger partial charge on any atom is 0.233 e. The molecule has 2 N–H and O–H groups in total. The molecule has 1 aliphatic heterocycles. The Balaban J connectivity index is 1.81. The minimum Gasteiger partial charge on any atom is -0.340 e. The molecule has 0 bridgehead atoms. The molecule has 1 unspecified atom stereocenters. The Morgan fingerprint density at radius 3 is 2.88 bits per heavy atom. The van der Waals surface area contributed by atoms with Crippen LogP contribution in [0.4, 0.5) is 0 Å². The van der Waals surface area contributed by atoms with Crippen molar-refractivity contribution in [1.82, 2.24) is 10.6 Å². The van der Waals surface area contributed by atoms with Gasteiger partial charge in [0.2, 0.25) is 5.85 Å². The van der Waals surface area contributed by atoms with Crippen LogP contribution in [-0.4, -0.2) is 31.8 Å². The molecule has 0 aromatic heterocycles. The summed E-state index contributed by atoms with van der Waals surface area (Å²) < 4.78 is 5.34. The molecule has 4 heteroatoms. The minimum atomic E-state index is -0.964. The third-order valence-electron chi connectivity index (χ3n) is 2.63. The van der Waals surface area contributed by atoms with Gasteiger partial charge in [0.15, 0.2) is 6.29 Å². The minimum absolute atomic E-state index is 0.567. The lowest BCUT2D eigenvalue weighted by Crippen LogP contribution is -2.56. The Morgan fingerprint density at radius 1 is 1.44 bits per heavy atom. The number of hydrogen-bond donors (Lipinski definition) is 2. The first-order chi connectivity index (χ1) is 7.85. The van der Waals surface area contributed by atoms with Gasteiger partial charge in [-0.1, -0.05) is 30.3 Å². The van der Waals surface area contributed by atoms with E-state index >= 15 is 0 Å². The molecule has 1 heterocycles. The smallest absolute Gasteiger partial charge is 0.233 e. The number of carbonyl (C=O) groups is 1. The summed E-state index contributed by atoms with van der Waals surface area (Å²) in [6.45, 7) is 1.98. The number of carbonyl (C=O) groups excluding carboxylic acids is 1. The van der Waals surface area contributed by atoms with E-state index in [0.717, 1.165) is 12.7 Å². The summed E-state index contributed by atoms with van der Waals surface area (Å²) in [5.74, 6) is -0.964. The van der Waals surface area contributed by atoms with Crippen LogP contribution in [0.5, 0.6) is 0 Å². The first-order valence-electron chi connectivity index (χ1n) is 5.49. The van der Waals surface area contributed by atoms with E-state index in [1.165, 1.54) is 5.56 Å². The van der Waals surface area contributed by atoms with Gasteiger partial charge in [0.05, 0.1) is 6.61 Å². The zero-order valence-electron chi connectivity index (χ0n) is 9.11. The molecule has 1 aliphatic rings. The lowest BCUT2D eigenvalue weighted by atomic mass is 10.1. The highest BCUT2D eigenvalue weighted by atomic mass is 16.5. The molecule has 0 spiro atoms. The summed E-state index contributed by atoms with van der Waals surface area (Å²) in [6.07, 6.45) is 1.66. The summed E-state index contributed by atoms with van der Waals surface area (Å²) in [7, 11) is 0. The molecule has 1 aromatic carbocycles. The molecule has 1 aromatic rings. The van der Waals surface area contributed by atoms with Crippen LogP contribution in [0.1, 0.15) is 5.56 Å². The number of benzene rings is 1. The maximum atomic E-state index is 10.9. The van der Waals surface area contributed by atoms with Gasteiger partial charge in [-0.15, -0.1) is 0 Å². The molecule has 0 radical (unpaired) electrons. The number of aldehydes is 1. The molecule has 16 heavy (non-hydrogen) atoms. The van der Waals surface area contributed by atoms with Crippen LogP contribution >= 0.6 is 0 Å². The van der Waals surface area contributed by atoms with E-state index in [9.17, 15) is 4.79 Å². The van der Waals surface area contributed by atoms with Crippen molar-refractivity contribution in [3.63, 3.8) is 0 Å². The molecular formula is C12H16N2O2. The van der Waals surface area contributed by atoms with Crippen LogP contribution in [-0.2, 0) is 16.0 Å². The fraction of sp³-hybridized carbons (Fsp3) is 0.417. The Bertz CT molecular complexity index is 334. The van der Waals surface area contributed by atoms with E-state index in [0.29, 0.717) is 19.7 Å². The highest BCUT2D eigenvalue weighted by Crippen LogP contribution is 2.06. The van der Waals surface area contributed by atoms with Crippen LogP contribution in [0, 0.1) is 0 Å². The van der Waals surface area contributed by atoms with Gasteiger partial charge in [-0.05, 0) is 12.0 Å². The van der Waals surface area contributed by atoms with Crippen molar-refractivity contribution in [1.29, 1.82) is 0 Å². The lowest BCUT2D eigenvalue weighted by molar-refractivity contribution is -0.131. The molecule has 0 aliphatic carbocycles. The van der Waals surface area contributed by atoms with E-state index < -0.39 is 5.85 Å². The molecule has 1 fully saturated rings. The third-order valence-corrected chi connectivity index (χ3v) is 2.63. The van der Waals surface area contributed by atoms with Gasteiger partial charge < -0.3 is 4.74 Å². The Morgan fingerprint density at radius 2 is 2.25 bits per heavy atom. The standard InChI is InChI=1S/C12H16N2O2/c15-10-12(14-8-9-16-12)13-7-6-11-4-2-1-3-5-11/h1-5,10,13-14H,6-9H2. The molecular weight excluding hydrogens is 204 g/mol. The van der Waals surface area contributed by atoms with Gasteiger partial charge in [-0.25, -0.2) is 0 Å². The predicted octanol–water partition coefficient (Wildman–Crippen LogP) is 0.291. The normalized spacial score (nSPS) is 24.5. The van der Waals surface area contributed by atoms with Crippen molar-refractivity contribution in [2.75, 3.05) is 19.7 Å². The van der Waals surface area contributed by atoms with Gasteiger partial charge in [0, 0.05) is 13.1 Å². The Kier molecular flexibility index (Phi) is 3.66. The van der Waals surface area contributed by atoms with Crippen LogP contribution in [0.3, 0.4) is 0 Å². The molecule has 0 saturated carbocycles. The van der Waals surface area contributed by atoms with Crippen molar-refractivity contribution >= 4 is 6.29 Å². The van der Waals surface area contributed by atoms with Gasteiger partial charge in [0.1, 0.15) is 0 Å². The predicted molar refractivity (Wildman–Crippen MR) is 60.9 cm³/mol. The molecule has 1 atom stereocenters. The van der Waals surface area contributed by atoms with Crippen LogP contribution in [0.2, 0.25) is 0 Å². The van der Waals surface area contributed by atoms with Crippen molar-refractivity contribution in [2.24, 2.45) is 0 Å². The van der Waals surface area contributed by atoms with E-state index in [2.05, 4.69) is 22.8 Å². The fourth-order valence-electron chi connectivity index (χ4n) is 1.77. The van der Waals surface area contributed by atoms with Crippen molar-refractivity contribution in [2.45, 2.75) is 12.3 Å². The highest BCUT2D eigenvalue weighted by Gasteiger charge is 2.33. The maximum absolute atomic E-state index is 10.9. The van der Waals surface area contributed by atoms with Crippen LogP contribution < -0.4 is 10.6 Å². The van der Waals surface area contributed by atoms with Crippen LogP contribution in [0.25, 0.3) is 0 Å². The first-order valence-corrected chi connectivity index (χ1v) is 5.49. The average Bonchev–Trinajstić information content (AvgIpc) is 2.80. The van der Waals surface area contributed by atoms with E-state index in [4.69, 9.17) is 4.74 Å². The monoisotopic (exact) mass is 220 g/mol. The zero-order valence-corrected chi connectivity index (χ0v) is 9.11. The second kappa shape index (κ2) is 5.21. The van der Waals surface area contributed by atoms with E-state index in [1.807, 2.05) is 18.2 Å². The van der Waals surface area contributed by atoms with Crippen molar-refractivity contribution in [3.8, 4) is 0 Å². The summed E-state index contributed by atoms with van der Waals surface area (Å²) in [5, 5.41) is 6.10. The third kappa shape index (κ3) is 2.66. The molecule has 1 saturated heterocycles. The molecule has 86 valence electrons. The Hall–Kier alpha value is -1.23. The molecule has 2 rings (SSSR count). The lowest BCUT2D eigenvalue weighted by Gasteiger charge is -2.23. The fourth-order valence-corrected chi connectivity index (χ4v) is 1.77. The summed E-state index contributed by atoms with van der Waals surface area (Å²) in [4.78, 5) is 10.9. The highest BCUT2D eigenvalue weighted by molar-refractivity contribution is 5.61. The van der Waals surface area contributed by atoms with Crippen molar-refractivity contribution < 1.29 is 9.53 Å². The van der Waals surface area contributed by atoms with Gasteiger partial charge in [0.25, 0.3) is 0 Å². The second-order valence-electron chi connectivity index (χ2n) is 3.79. The van der Waals surface area contributed by atoms with Gasteiger partial charge in [-0.2, -0.15) is 0 Å². The number of rotatable bonds is 5. The quantitative estimate of drug-likeness (QED) is 0.700. The van der Waals surface area contributed by atoms with Gasteiger partial charge in [-0.3, -0.25) is 15.4 Å². The first kappa shape index (κ1) is 11.3. The summed E-state index contributed by atoms with van der Waals surface area (Å²) >= 11 is 0. The molecule has 0 amide bonds. The van der Waals surface area contributed by atoms with Crippen LogP contribution in [0.15, 0.2) is 30.3 Å². The van der Waals surface area contributed by atoms with E-state index in [-0.39, 0.29) is 0 Å². The van der Waals surface area contributed by atoms with Crippen molar-refractivity contribution in [3.05, 3.63) is 35.9 Å². The summed E-state index contributed by atoms with van der Waals surface area (Å²) in [6, 6.07) is 10.1. The topological polar surface area (TPSA) is 50.4 Å². The molecule has 4 nitrogen and oxygen atoms in total. The van der Waals surface area contributed by atoms with E-state index in [1.54, 1.807) is 0 Å². The summed E-state index contributed by atoms with van der Waals surface area (Å²) in [5.41, 5.74) is 1.24. The second-order valence-corrected chi connectivity index (χ2v) is 3.79. The zero-order chi connectivity index (χ0) is 11.3. The largest absolute Gasteiger partial charge is 0.340 e. The number of nitrogens with one attached hydrogen (secondary N) is 2. The number of hydrogen-bond acceptors (Lipinski definition) is 4. The average molecular weight is 220 g/mol. The Labute approximate surface area is 95.0 Å². The number of ether oxygens (including phenoxy) is 1.